The number of ether oxygens (including phenoxy) is 1. The number of aryl methyl sites for hydroxylation is 1. The van der Waals surface area contributed by atoms with Crippen molar-refractivity contribution in [1.29, 1.82) is 0 Å². The monoisotopic (exact) mass is 386 g/mol. The maximum atomic E-state index is 13.6. The van der Waals surface area contributed by atoms with Crippen LogP contribution in [0.25, 0.3) is 11.1 Å². The zero-order valence-electron chi connectivity index (χ0n) is 17.0. The Morgan fingerprint density at radius 3 is 2.21 bits per heavy atom. The molecule has 5 rings (SSSR count). The van der Waals surface area contributed by atoms with Gasteiger partial charge in [0.1, 0.15) is 0 Å². The normalized spacial score (nSPS) is 27.4. The van der Waals surface area contributed by atoms with Gasteiger partial charge < -0.3 is 4.74 Å². The minimum atomic E-state index is -0.299. The van der Waals surface area contributed by atoms with Crippen LogP contribution >= 0.6 is 0 Å². The van der Waals surface area contributed by atoms with Gasteiger partial charge in [0, 0.05) is 11.5 Å². The number of hydrogen-bond acceptors (Lipinski definition) is 3. The highest BCUT2D eigenvalue weighted by Gasteiger charge is 2.57. The van der Waals surface area contributed by atoms with Gasteiger partial charge in [0.05, 0.1) is 12.2 Å². The largest absolute Gasteiger partial charge is 0.462 e. The highest BCUT2D eigenvalue weighted by molar-refractivity contribution is 6.32. The average molecular weight is 386 g/mol. The summed E-state index contributed by atoms with van der Waals surface area (Å²) in [6, 6.07) is 16.0. The quantitative estimate of drug-likeness (QED) is 0.667. The molecule has 0 saturated heterocycles. The number of fused-ring (bicyclic) bond motifs is 5. The third kappa shape index (κ3) is 2.87. The molecule has 0 aromatic heterocycles. The fourth-order valence-corrected chi connectivity index (χ4v) is 5.91. The lowest BCUT2D eigenvalue weighted by molar-refractivity contribution is -0.118. The molecule has 2 aromatic rings. The summed E-state index contributed by atoms with van der Waals surface area (Å²) >= 11 is 0. The van der Waals surface area contributed by atoms with Gasteiger partial charge in [0.25, 0.3) is 0 Å². The first-order valence-corrected chi connectivity index (χ1v) is 10.7. The summed E-state index contributed by atoms with van der Waals surface area (Å²) < 4.78 is 5.12. The third-order valence-electron chi connectivity index (χ3n) is 7.12. The molecule has 3 aliphatic carbocycles. The summed E-state index contributed by atoms with van der Waals surface area (Å²) in [7, 11) is 0. The first-order valence-electron chi connectivity index (χ1n) is 10.7. The highest BCUT2D eigenvalue weighted by atomic mass is 16.5. The topological polar surface area (TPSA) is 43.4 Å². The second-order valence-electron chi connectivity index (χ2n) is 8.70. The fourth-order valence-electron chi connectivity index (χ4n) is 5.91. The van der Waals surface area contributed by atoms with Crippen LogP contribution in [0.4, 0.5) is 0 Å². The van der Waals surface area contributed by atoms with Gasteiger partial charge in [0.15, 0.2) is 5.78 Å². The number of esters is 1. The van der Waals surface area contributed by atoms with Gasteiger partial charge in [-0.05, 0) is 79.7 Å². The van der Waals surface area contributed by atoms with Gasteiger partial charge in [-0.15, -0.1) is 0 Å². The summed E-state index contributed by atoms with van der Waals surface area (Å²) in [5.74, 6) is 1.64. The molecule has 2 bridgehead atoms. The maximum absolute atomic E-state index is 13.6. The van der Waals surface area contributed by atoms with E-state index in [-0.39, 0.29) is 11.9 Å². The molecule has 3 nitrogen and oxygen atoms in total. The molecule has 0 spiro atoms. The predicted molar refractivity (Wildman–Crippen MR) is 113 cm³/mol. The molecular weight excluding hydrogens is 360 g/mol. The van der Waals surface area contributed by atoms with Crippen molar-refractivity contribution in [3.8, 4) is 0 Å². The number of benzene rings is 2. The zero-order valence-corrected chi connectivity index (χ0v) is 17.0. The molecule has 0 heterocycles. The van der Waals surface area contributed by atoms with E-state index in [1.165, 1.54) is 30.4 Å². The van der Waals surface area contributed by atoms with Crippen LogP contribution in [-0.4, -0.2) is 18.4 Å². The molecule has 0 aliphatic heterocycles. The maximum Gasteiger partial charge on any atom is 0.338 e. The minimum absolute atomic E-state index is 0.143. The Morgan fingerprint density at radius 1 is 0.931 bits per heavy atom. The first-order chi connectivity index (χ1) is 14.1. The summed E-state index contributed by atoms with van der Waals surface area (Å²) in [4.78, 5) is 25.6. The molecule has 4 atom stereocenters. The molecule has 148 valence electrons. The number of carbonyl (C=O) groups is 2. The lowest BCUT2D eigenvalue weighted by Crippen LogP contribution is -2.24. The summed E-state index contributed by atoms with van der Waals surface area (Å²) in [6.45, 7) is 4.24. The van der Waals surface area contributed by atoms with E-state index in [9.17, 15) is 9.59 Å². The SMILES string of the molecule is CCOC(=O)c1ccc(C2=C(c3ccc(C)cc3)C(=O)C3C4CCC(C4)C23)cc1. The van der Waals surface area contributed by atoms with Crippen LogP contribution in [0.3, 0.4) is 0 Å². The van der Waals surface area contributed by atoms with Gasteiger partial charge in [-0.2, -0.15) is 0 Å². The second kappa shape index (κ2) is 6.98. The molecular formula is C26H26O3. The van der Waals surface area contributed by atoms with E-state index in [1.807, 2.05) is 31.2 Å². The van der Waals surface area contributed by atoms with Crippen molar-refractivity contribution in [3.05, 3.63) is 70.8 Å². The van der Waals surface area contributed by atoms with E-state index >= 15 is 0 Å². The van der Waals surface area contributed by atoms with Crippen molar-refractivity contribution >= 4 is 22.9 Å². The fraction of sp³-hybridized carbons (Fsp3) is 0.385. The lowest BCUT2D eigenvalue weighted by Gasteiger charge is -2.26. The van der Waals surface area contributed by atoms with Crippen LogP contribution < -0.4 is 0 Å². The van der Waals surface area contributed by atoms with Crippen molar-refractivity contribution < 1.29 is 14.3 Å². The zero-order chi connectivity index (χ0) is 20.1. The summed E-state index contributed by atoms with van der Waals surface area (Å²) in [5.41, 5.74) is 5.95. The number of allylic oxidation sites excluding steroid dienone is 2. The smallest absolute Gasteiger partial charge is 0.338 e. The van der Waals surface area contributed by atoms with Crippen LogP contribution in [-0.2, 0) is 9.53 Å². The van der Waals surface area contributed by atoms with Crippen molar-refractivity contribution in [2.24, 2.45) is 23.7 Å². The molecule has 2 fully saturated rings. The Morgan fingerprint density at radius 2 is 1.55 bits per heavy atom. The number of rotatable bonds is 4. The molecule has 0 N–H and O–H groups in total. The third-order valence-corrected chi connectivity index (χ3v) is 7.12. The Balaban J connectivity index is 1.62. The molecule has 29 heavy (non-hydrogen) atoms. The second-order valence-corrected chi connectivity index (χ2v) is 8.70. The van der Waals surface area contributed by atoms with Gasteiger partial charge in [-0.25, -0.2) is 4.79 Å². The standard InChI is InChI=1S/C26H26O3/c1-3-29-26(28)18-10-8-16(9-11-18)21-22-19-12-13-20(14-19)24(22)25(27)23(21)17-6-4-15(2)5-7-17/h4-11,19-20,22,24H,3,12-14H2,1-2H3. The van der Waals surface area contributed by atoms with Crippen molar-refractivity contribution in [3.63, 3.8) is 0 Å². The van der Waals surface area contributed by atoms with Crippen molar-refractivity contribution in [1.82, 2.24) is 0 Å². The number of hydrogen-bond donors (Lipinski definition) is 0. The van der Waals surface area contributed by atoms with E-state index in [4.69, 9.17) is 4.74 Å². The van der Waals surface area contributed by atoms with E-state index in [0.717, 1.165) is 16.7 Å². The van der Waals surface area contributed by atoms with E-state index < -0.39 is 0 Å². The molecule has 0 amide bonds. The van der Waals surface area contributed by atoms with Crippen molar-refractivity contribution in [2.45, 2.75) is 33.1 Å². The Labute approximate surface area is 171 Å². The Hall–Kier alpha value is -2.68. The molecule has 0 radical (unpaired) electrons. The number of carbonyl (C=O) groups excluding carboxylic acids is 2. The predicted octanol–water partition coefficient (Wildman–Crippen LogP) is 5.33. The molecule has 2 saturated carbocycles. The molecule has 2 aromatic carbocycles. The first kappa shape index (κ1) is 18.4. The molecule has 4 unspecified atom stereocenters. The van der Waals surface area contributed by atoms with Crippen LogP contribution in [0.5, 0.6) is 0 Å². The van der Waals surface area contributed by atoms with Crippen LogP contribution in [0.2, 0.25) is 0 Å². The molecule has 3 aliphatic rings. The van der Waals surface area contributed by atoms with Crippen molar-refractivity contribution in [2.75, 3.05) is 6.61 Å². The molecule has 3 heteroatoms. The summed E-state index contributed by atoms with van der Waals surface area (Å²) in [6.07, 6.45) is 3.60. The van der Waals surface area contributed by atoms with Gasteiger partial charge in [-0.1, -0.05) is 42.0 Å². The Bertz CT molecular complexity index is 997. The van der Waals surface area contributed by atoms with Gasteiger partial charge in [0.2, 0.25) is 0 Å². The lowest BCUT2D eigenvalue weighted by atomic mass is 9.77. The average Bonchev–Trinajstić information content (AvgIpc) is 3.42. The van der Waals surface area contributed by atoms with E-state index in [1.54, 1.807) is 0 Å². The van der Waals surface area contributed by atoms with Gasteiger partial charge in [-0.3, -0.25) is 4.79 Å². The van der Waals surface area contributed by atoms with Gasteiger partial charge >= 0.3 is 5.97 Å². The highest BCUT2D eigenvalue weighted by Crippen LogP contribution is 2.62. The van der Waals surface area contributed by atoms with E-state index in [0.29, 0.717) is 35.7 Å². The number of Topliss-reactive ketones (excluding diaryl/α,β-unsaturated/α-hetero) is 1. The van der Waals surface area contributed by atoms with Crippen LogP contribution in [0.1, 0.15) is 53.2 Å². The van der Waals surface area contributed by atoms with E-state index in [2.05, 4.69) is 31.2 Å². The Kier molecular flexibility index (Phi) is 4.42. The number of ketones is 1. The van der Waals surface area contributed by atoms with Crippen LogP contribution in [0.15, 0.2) is 48.5 Å². The summed E-state index contributed by atoms with van der Waals surface area (Å²) in [5, 5.41) is 0. The minimum Gasteiger partial charge on any atom is -0.462 e. The van der Waals surface area contributed by atoms with Crippen LogP contribution in [0, 0.1) is 30.6 Å².